The second kappa shape index (κ2) is 6.44. The number of carbonyl (C=O) groups excluding carboxylic acids is 1. The fraction of sp³-hybridized carbons (Fsp3) is 0.0476. The van der Waals surface area contributed by atoms with Crippen molar-refractivity contribution in [2.75, 3.05) is 5.32 Å². The first-order valence-corrected chi connectivity index (χ1v) is 8.21. The van der Waals surface area contributed by atoms with Crippen LogP contribution in [0.5, 0.6) is 0 Å². The average Bonchev–Trinajstić information content (AvgIpc) is 3.06. The minimum absolute atomic E-state index is 0.277. The van der Waals surface area contributed by atoms with Gasteiger partial charge in [-0.25, -0.2) is 9.37 Å². The molecule has 0 aliphatic carbocycles. The van der Waals surface area contributed by atoms with Crippen LogP contribution in [-0.4, -0.2) is 15.3 Å². The van der Waals surface area contributed by atoms with Crippen molar-refractivity contribution in [1.29, 1.82) is 0 Å². The Balaban J connectivity index is 1.54. The molecule has 1 amide bonds. The monoisotopic (exact) mass is 345 g/mol. The Morgan fingerprint density at radius 2 is 1.77 bits per heavy atom. The summed E-state index contributed by atoms with van der Waals surface area (Å²) in [6, 6.07) is 17.0. The van der Waals surface area contributed by atoms with E-state index < -0.39 is 0 Å². The summed E-state index contributed by atoms with van der Waals surface area (Å²) in [4.78, 5) is 16.8. The second-order valence-electron chi connectivity index (χ2n) is 6.13. The number of fused-ring (bicyclic) bond motifs is 1. The molecule has 0 bridgehead atoms. The molecule has 128 valence electrons. The summed E-state index contributed by atoms with van der Waals surface area (Å²) in [5, 5.41) is 2.80. The van der Waals surface area contributed by atoms with Crippen LogP contribution in [0.1, 0.15) is 15.9 Å². The van der Waals surface area contributed by atoms with Crippen LogP contribution >= 0.6 is 0 Å². The quantitative estimate of drug-likeness (QED) is 0.585. The molecule has 0 saturated heterocycles. The number of nitrogens with zero attached hydrogens (tertiary/aromatic N) is 2. The molecule has 2 heterocycles. The minimum Gasteiger partial charge on any atom is -0.322 e. The number of aryl methyl sites for hydroxylation is 1. The number of pyridine rings is 1. The van der Waals surface area contributed by atoms with Gasteiger partial charge in [-0.15, -0.1) is 0 Å². The van der Waals surface area contributed by atoms with Crippen molar-refractivity contribution in [2.45, 2.75) is 6.92 Å². The maximum atomic E-state index is 12.9. The lowest BCUT2D eigenvalue weighted by Crippen LogP contribution is -2.11. The molecule has 0 aliphatic heterocycles. The third-order valence-corrected chi connectivity index (χ3v) is 4.16. The fourth-order valence-electron chi connectivity index (χ4n) is 2.75. The molecule has 4 aromatic rings. The zero-order valence-corrected chi connectivity index (χ0v) is 14.1. The molecule has 0 spiro atoms. The minimum atomic E-state index is -0.367. The third kappa shape index (κ3) is 3.19. The van der Waals surface area contributed by atoms with Crippen molar-refractivity contribution < 1.29 is 9.18 Å². The predicted octanol–water partition coefficient (Wildman–Crippen LogP) is 4.70. The zero-order chi connectivity index (χ0) is 18.1. The summed E-state index contributed by atoms with van der Waals surface area (Å²) in [7, 11) is 0. The van der Waals surface area contributed by atoms with Gasteiger partial charge in [-0.05, 0) is 61.0 Å². The van der Waals surface area contributed by atoms with E-state index in [9.17, 15) is 9.18 Å². The van der Waals surface area contributed by atoms with Crippen LogP contribution in [0.25, 0.3) is 16.9 Å². The first-order chi connectivity index (χ1) is 12.6. The Bertz CT molecular complexity index is 1080. The molecule has 1 N–H and O–H groups in total. The molecule has 0 aliphatic rings. The number of hydrogen-bond donors (Lipinski definition) is 1. The van der Waals surface area contributed by atoms with Gasteiger partial charge in [0.1, 0.15) is 11.5 Å². The van der Waals surface area contributed by atoms with Crippen LogP contribution < -0.4 is 5.32 Å². The van der Waals surface area contributed by atoms with Crippen LogP contribution in [0.4, 0.5) is 10.1 Å². The normalized spacial score (nSPS) is 10.8. The summed E-state index contributed by atoms with van der Waals surface area (Å²) in [6.07, 6.45) is 3.96. The Morgan fingerprint density at radius 1 is 1.04 bits per heavy atom. The number of anilines is 1. The molecule has 4 nitrogen and oxygen atoms in total. The zero-order valence-electron chi connectivity index (χ0n) is 14.1. The number of rotatable bonds is 3. The van der Waals surface area contributed by atoms with E-state index >= 15 is 0 Å². The van der Waals surface area contributed by atoms with Gasteiger partial charge in [0.05, 0.1) is 5.69 Å². The molecule has 0 radical (unpaired) electrons. The van der Waals surface area contributed by atoms with Crippen molar-refractivity contribution >= 4 is 17.2 Å². The van der Waals surface area contributed by atoms with E-state index in [1.54, 1.807) is 0 Å². The maximum absolute atomic E-state index is 12.9. The number of aromatic nitrogens is 2. The van der Waals surface area contributed by atoms with Gasteiger partial charge in [0.15, 0.2) is 0 Å². The number of carbonyl (C=O) groups is 1. The Kier molecular flexibility index (Phi) is 3.97. The molecule has 2 aromatic heterocycles. The van der Waals surface area contributed by atoms with Crippen molar-refractivity contribution in [3.8, 4) is 11.3 Å². The number of amides is 1. The van der Waals surface area contributed by atoms with Crippen LogP contribution in [0, 0.1) is 12.7 Å². The molecule has 5 heteroatoms. The number of halogens is 1. The molecular weight excluding hydrogens is 329 g/mol. The summed E-state index contributed by atoms with van der Waals surface area (Å²) in [6.45, 7) is 2.03. The lowest BCUT2D eigenvalue weighted by molar-refractivity contribution is 0.102. The lowest BCUT2D eigenvalue weighted by atomic mass is 10.1. The first kappa shape index (κ1) is 16.0. The van der Waals surface area contributed by atoms with Gasteiger partial charge in [0.25, 0.3) is 5.91 Å². The van der Waals surface area contributed by atoms with Gasteiger partial charge in [0, 0.05) is 29.2 Å². The van der Waals surface area contributed by atoms with Gasteiger partial charge in [-0.1, -0.05) is 12.1 Å². The Morgan fingerprint density at radius 3 is 2.50 bits per heavy atom. The highest BCUT2D eigenvalue weighted by atomic mass is 19.1. The van der Waals surface area contributed by atoms with Crippen molar-refractivity contribution in [3.05, 3.63) is 90.0 Å². The van der Waals surface area contributed by atoms with Gasteiger partial charge < -0.3 is 9.72 Å². The summed E-state index contributed by atoms with van der Waals surface area (Å²) in [5.74, 6) is -0.644. The average molecular weight is 345 g/mol. The lowest BCUT2D eigenvalue weighted by Gasteiger charge is -2.06. The molecule has 26 heavy (non-hydrogen) atoms. The van der Waals surface area contributed by atoms with E-state index in [2.05, 4.69) is 10.3 Å². The van der Waals surface area contributed by atoms with Crippen LogP contribution in [0.3, 0.4) is 0 Å². The standard InChI is InChI=1S/C21H16FN3O/c1-14-10-11-25-13-19(24-20(25)12-14)15-4-8-18(9-5-15)23-21(26)16-2-6-17(22)7-3-16/h2-13H,1H3,(H,23,26). The largest absolute Gasteiger partial charge is 0.322 e. The highest BCUT2D eigenvalue weighted by Gasteiger charge is 2.08. The highest BCUT2D eigenvalue weighted by Crippen LogP contribution is 2.22. The maximum Gasteiger partial charge on any atom is 0.255 e. The first-order valence-electron chi connectivity index (χ1n) is 8.21. The summed E-state index contributed by atoms with van der Waals surface area (Å²) in [5.41, 5.74) is 4.97. The molecular formula is C21H16FN3O. The number of hydrogen-bond acceptors (Lipinski definition) is 2. The van der Waals surface area contributed by atoms with Gasteiger partial charge >= 0.3 is 0 Å². The van der Waals surface area contributed by atoms with E-state index in [1.165, 1.54) is 24.3 Å². The van der Waals surface area contributed by atoms with Crippen LogP contribution in [0.2, 0.25) is 0 Å². The molecule has 0 saturated carbocycles. The predicted molar refractivity (Wildman–Crippen MR) is 99.7 cm³/mol. The third-order valence-electron chi connectivity index (χ3n) is 4.16. The van der Waals surface area contributed by atoms with E-state index in [-0.39, 0.29) is 11.7 Å². The number of imidazole rings is 1. The molecule has 0 fully saturated rings. The van der Waals surface area contributed by atoms with Crippen molar-refractivity contribution in [3.63, 3.8) is 0 Å². The van der Waals surface area contributed by atoms with Gasteiger partial charge in [0.2, 0.25) is 0 Å². The van der Waals surface area contributed by atoms with E-state index in [4.69, 9.17) is 0 Å². The fourth-order valence-corrected chi connectivity index (χ4v) is 2.75. The number of nitrogens with one attached hydrogen (secondary N) is 1. The summed E-state index contributed by atoms with van der Waals surface area (Å²) < 4.78 is 14.9. The van der Waals surface area contributed by atoms with Gasteiger partial charge in [-0.3, -0.25) is 4.79 Å². The molecule has 2 aromatic carbocycles. The van der Waals surface area contributed by atoms with Crippen LogP contribution in [0.15, 0.2) is 73.1 Å². The molecule has 4 rings (SSSR count). The Hall–Kier alpha value is -3.47. The smallest absolute Gasteiger partial charge is 0.255 e. The second-order valence-corrected chi connectivity index (χ2v) is 6.13. The van der Waals surface area contributed by atoms with E-state index in [0.717, 1.165) is 22.5 Å². The van der Waals surface area contributed by atoms with Gasteiger partial charge in [-0.2, -0.15) is 0 Å². The Labute approximate surface area is 149 Å². The summed E-state index contributed by atoms with van der Waals surface area (Å²) >= 11 is 0. The number of benzene rings is 2. The van der Waals surface area contributed by atoms with Crippen molar-refractivity contribution in [1.82, 2.24) is 9.38 Å². The molecule has 0 unspecified atom stereocenters. The van der Waals surface area contributed by atoms with E-state index in [0.29, 0.717) is 11.3 Å². The highest BCUT2D eigenvalue weighted by molar-refractivity contribution is 6.04. The molecule has 0 atom stereocenters. The topological polar surface area (TPSA) is 46.4 Å². The van der Waals surface area contributed by atoms with E-state index in [1.807, 2.05) is 60.1 Å². The SMILES string of the molecule is Cc1ccn2cc(-c3ccc(NC(=O)c4ccc(F)cc4)cc3)nc2c1. The van der Waals surface area contributed by atoms with Crippen molar-refractivity contribution in [2.24, 2.45) is 0 Å². The van der Waals surface area contributed by atoms with Crippen LogP contribution in [-0.2, 0) is 0 Å².